The van der Waals surface area contributed by atoms with Crippen LogP contribution in [0.3, 0.4) is 0 Å². The highest BCUT2D eigenvalue weighted by atomic mass is 16.4. The molecule has 0 saturated heterocycles. The summed E-state index contributed by atoms with van der Waals surface area (Å²) in [6, 6.07) is -2.21. The summed E-state index contributed by atoms with van der Waals surface area (Å²) in [5.41, 5.74) is 5.00. The number of rotatable bonds is 7. The Kier molecular flexibility index (Phi) is 6.73. The van der Waals surface area contributed by atoms with Crippen LogP contribution in [0.25, 0.3) is 0 Å². The first-order valence-electron chi connectivity index (χ1n) is 5.48. The molecule has 1 unspecified atom stereocenters. The Morgan fingerprint density at radius 1 is 1.33 bits per heavy atom. The molecule has 0 rings (SSSR count). The Balaban J connectivity index is 4.66. The third-order valence-corrected chi connectivity index (χ3v) is 2.22. The predicted molar refractivity (Wildman–Crippen MR) is 62.7 cm³/mol. The van der Waals surface area contributed by atoms with Crippen molar-refractivity contribution in [3.63, 3.8) is 0 Å². The summed E-state index contributed by atoms with van der Waals surface area (Å²) in [6.07, 6.45) is -0.108. The lowest BCUT2D eigenvalue weighted by molar-refractivity contribution is -0.139. The van der Waals surface area contributed by atoms with Gasteiger partial charge in [0.1, 0.15) is 12.6 Å². The van der Waals surface area contributed by atoms with Gasteiger partial charge in [-0.25, -0.2) is 9.59 Å². The molecule has 1 atom stereocenters. The lowest BCUT2D eigenvalue weighted by atomic mass is 10.2. The molecule has 0 aromatic carbocycles. The Morgan fingerprint density at radius 2 is 1.89 bits per heavy atom. The van der Waals surface area contributed by atoms with Crippen LogP contribution in [0.2, 0.25) is 0 Å². The molecule has 0 heterocycles. The number of carboxylic acid groups (broad SMARTS) is 1. The van der Waals surface area contributed by atoms with Crippen molar-refractivity contribution in [2.75, 3.05) is 13.2 Å². The number of aliphatic hydroxyl groups is 1. The summed E-state index contributed by atoms with van der Waals surface area (Å²) in [7, 11) is 0. The number of carboxylic acids is 1. The molecule has 0 fully saturated rings. The fraction of sp³-hybridized carbons (Fsp3) is 0.700. The van der Waals surface area contributed by atoms with Crippen LogP contribution in [0.4, 0.5) is 4.79 Å². The number of nitrogens with two attached hydrogens (primary N) is 1. The van der Waals surface area contributed by atoms with Gasteiger partial charge in [-0.05, 0) is 13.8 Å². The minimum Gasteiger partial charge on any atom is -0.480 e. The van der Waals surface area contributed by atoms with Gasteiger partial charge in [-0.3, -0.25) is 4.79 Å². The second-order valence-corrected chi connectivity index (χ2v) is 4.04. The number of carbonyl (C=O) groups is 3. The number of urea groups is 1. The van der Waals surface area contributed by atoms with Gasteiger partial charge in [0.25, 0.3) is 0 Å². The zero-order valence-corrected chi connectivity index (χ0v) is 10.4. The number of aliphatic carboxylic acids is 1. The average Bonchev–Trinajstić information content (AvgIpc) is 2.24. The number of hydrogen-bond acceptors (Lipinski definition) is 4. The van der Waals surface area contributed by atoms with Crippen LogP contribution in [0, 0.1) is 0 Å². The van der Waals surface area contributed by atoms with Crippen molar-refractivity contribution >= 4 is 17.9 Å². The number of amides is 3. The summed E-state index contributed by atoms with van der Waals surface area (Å²) in [5.74, 6) is -1.94. The van der Waals surface area contributed by atoms with Gasteiger partial charge in [0, 0.05) is 19.1 Å². The van der Waals surface area contributed by atoms with Crippen LogP contribution in [-0.2, 0) is 9.59 Å². The maximum atomic E-state index is 11.8. The van der Waals surface area contributed by atoms with E-state index in [0.717, 1.165) is 4.90 Å². The summed E-state index contributed by atoms with van der Waals surface area (Å²) < 4.78 is 0. The van der Waals surface area contributed by atoms with Gasteiger partial charge >= 0.3 is 12.0 Å². The van der Waals surface area contributed by atoms with Gasteiger partial charge in [-0.1, -0.05) is 0 Å². The van der Waals surface area contributed by atoms with Crippen LogP contribution in [-0.4, -0.2) is 58.3 Å². The van der Waals surface area contributed by atoms with Crippen molar-refractivity contribution < 1.29 is 24.6 Å². The summed E-state index contributed by atoms with van der Waals surface area (Å²) in [4.78, 5) is 34.5. The molecule has 3 amide bonds. The summed E-state index contributed by atoms with van der Waals surface area (Å²) >= 11 is 0. The molecule has 0 aliphatic carbocycles. The van der Waals surface area contributed by atoms with Crippen LogP contribution < -0.4 is 11.1 Å². The van der Waals surface area contributed by atoms with Gasteiger partial charge in [0.15, 0.2) is 0 Å². The molecule has 104 valence electrons. The number of primary amides is 1. The van der Waals surface area contributed by atoms with Crippen LogP contribution in [0.5, 0.6) is 0 Å². The average molecular weight is 261 g/mol. The van der Waals surface area contributed by atoms with E-state index in [9.17, 15) is 14.4 Å². The molecule has 0 aliphatic heterocycles. The van der Waals surface area contributed by atoms with E-state index in [1.54, 1.807) is 13.8 Å². The maximum absolute atomic E-state index is 11.8. The first-order chi connectivity index (χ1) is 8.29. The van der Waals surface area contributed by atoms with E-state index in [2.05, 4.69) is 5.32 Å². The molecule has 8 heteroatoms. The molecule has 5 N–H and O–H groups in total. The highest BCUT2D eigenvalue weighted by molar-refractivity contribution is 5.86. The zero-order chi connectivity index (χ0) is 14.3. The second-order valence-electron chi connectivity index (χ2n) is 4.04. The minimum atomic E-state index is -1.25. The molecule has 8 nitrogen and oxygen atoms in total. The zero-order valence-electron chi connectivity index (χ0n) is 10.4. The highest BCUT2D eigenvalue weighted by Crippen LogP contribution is 2.00. The molecule has 18 heavy (non-hydrogen) atoms. The Hall–Kier alpha value is -1.83. The molecule has 0 saturated carbocycles. The topological polar surface area (TPSA) is 133 Å². The Morgan fingerprint density at radius 3 is 2.22 bits per heavy atom. The van der Waals surface area contributed by atoms with E-state index >= 15 is 0 Å². The molecule has 0 radical (unpaired) electrons. The van der Waals surface area contributed by atoms with Gasteiger partial charge in [0.2, 0.25) is 5.91 Å². The van der Waals surface area contributed by atoms with Gasteiger partial charge in [-0.2, -0.15) is 0 Å². The Labute approximate surface area is 105 Å². The van der Waals surface area contributed by atoms with E-state index in [-0.39, 0.29) is 25.6 Å². The number of aliphatic hydroxyl groups excluding tert-OH is 1. The number of carbonyl (C=O) groups excluding carboxylic acids is 2. The third-order valence-electron chi connectivity index (χ3n) is 2.22. The first-order valence-corrected chi connectivity index (χ1v) is 5.48. The molecule has 0 aromatic heterocycles. The first kappa shape index (κ1) is 16.2. The van der Waals surface area contributed by atoms with Crippen LogP contribution in [0.15, 0.2) is 0 Å². The second kappa shape index (κ2) is 7.49. The normalized spacial score (nSPS) is 12.0. The third kappa shape index (κ3) is 5.48. The number of hydrogen-bond donors (Lipinski definition) is 4. The molecule has 0 aliphatic rings. The molecule has 0 aromatic rings. The van der Waals surface area contributed by atoms with Crippen molar-refractivity contribution in [2.24, 2.45) is 5.73 Å². The number of nitrogens with zero attached hydrogens (tertiary/aromatic N) is 1. The van der Waals surface area contributed by atoms with Crippen LogP contribution >= 0.6 is 0 Å². The lowest BCUT2D eigenvalue weighted by Gasteiger charge is -2.27. The summed E-state index contributed by atoms with van der Waals surface area (Å²) in [5, 5.41) is 19.7. The monoisotopic (exact) mass is 261 g/mol. The molecule has 0 bridgehead atoms. The standard InChI is InChI=1S/C10H19N3O5/c1-6(2)13(5-8(11)15)10(18)12-7(3-4-14)9(16)17/h6-7,14H,3-5H2,1-2H3,(H2,11,15)(H,12,18)(H,16,17). The van der Waals surface area contributed by atoms with Gasteiger partial charge in [-0.15, -0.1) is 0 Å². The van der Waals surface area contributed by atoms with Crippen molar-refractivity contribution in [1.82, 2.24) is 10.2 Å². The Bertz CT molecular complexity index is 319. The minimum absolute atomic E-state index is 0.108. The van der Waals surface area contributed by atoms with Crippen LogP contribution in [0.1, 0.15) is 20.3 Å². The fourth-order valence-corrected chi connectivity index (χ4v) is 1.28. The fourth-order valence-electron chi connectivity index (χ4n) is 1.28. The van der Waals surface area contributed by atoms with Gasteiger partial charge < -0.3 is 26.2 Å². The quantitative estimate of drug-likeness (QED) is 0.453. The van der Waals surface area contributed by atoms with E-state index in [4.69, 9.17) is 15.9 Å². The number of nitrogens with one attached hydrogen (secondary N) is 1. The molecule has 0 spiro atoms. The van der Waals surface area contributed by atoms with E-state index < -0.39 is 23.9 Å². The SMILES string of the molecule is CC(C)N(CC(N)=O)C(=O)NC(CCO)C(=O)O. The van der Waals surface area contributed by atoms with E-state index in [1.165, 1.54) is 0 Å². The lowest BCUT2D eigenvalue weighted by Crippen LogP contribution is -2.52. The van der Waals surface area contributed by atoms with Crippen molar-refractivity contribution in [1.29, 1.82) is 0 Å². The van der Waals surface area contributed by atoms with E-state index in [1.807, 2.05) is 0 Å². The smallest absolute Gasteiger partial charge is 0.326 e. The van der Waals surface area contributed by atoms with E-state index in [0.29, 0.717) is 0 Å². The largest absolute Gasteiger partial charge is 0.480 e. The van der Waals surface area contributed by atoms with Gasteiger partial charge in [0.05, 0.1) is 0 Å². The highest BCUT2D eigenvalue weighted by Gasteiger charge is 2.24. The van der Waals surface area contributed by atoms with Crippen molar-refractivity contribution in [3.05, 3.63) is 0 Å². The molecular formula is C10H19N3O5. The molecular weight excluding hydrogens is 242 g/mol. The van der Waals surface area contributed by atoms with Crippen molar-refractivity contribution in [3.8, 4) is 0 Å². The summed E-state index contributed by atoms with van der Waals surface area (Å²) in [6.45, 7) is 2.68. The predicted octanol–water partition coefficient (Wildman–Crippen LogP) is -1.27. The maximum Gasteiger partial charge on any atom is 0.326 e. The van der Waals surface area contributed by atoms with Crippen molar-refractivity contribution in [2.45, 2.75) is 32.4 Å².